The van der Waals surface area contributed by atoms with Crippen molar-refractivity contribution in [1.29, 1.82) is 0 Å². The number of halogens is 3. The van der Waals surface area contributed by atoms with Crippen LogP contribution in [0.5, 0.6) is 0 Å². The maximum absolute atomic E-state index is 12.6. The Kier molecular flexibility index (Phi) is 4.07. The molecule has 1 aromatic heterocycles. The van der Waals surface area contributed by atoms with Crippen LogP contribution in [-0.2, 0) is 0 Å². The van der Waals surface area contributed by atoms with Crippen LogP contribution < -0.4 is 5.32 Å². The van der Waals surface area contributed by atoms with Crippen LogP contribution in [0.3, 0.4) is 0 Å². The molecule has 1 aliphatic rings. The largest absolute Gasteiger partial charge is 0.391 e. The van der Waals surface area contributed by atoms with Crippen molar-refractivity contribution < 1.29 is 18.0 Å². The van der Waals surface area contributed by atoms with Crippen LogP contribution in [0.2, 0.25) is 0 Å². The maximum atomic E-state index is 12.6. The van der Waals surface area contributed by atoms with E-state index in [1.165, 1.54) is 6.20 Å². The van der Waals surface area contributed by atoms with E-state index in [9.17, 15) is 18.0 Å². The molecule has 1 aromatic rings. The molecule has 104 valence electrons. The van der Waals surface area contributed by atoms with E-state index in [1.807, 2.05) is 0 Å². The van der Waals surface area contributed by atoms with E-state index in [0.717, 1.165) is 0 Å². The molecule has 2 rings (SSSR count). The third-order valence-electron chi connectivity index (χ3n) is 3.37. The second-order valence-corrected chi connectivity index (χ2v) is 4.79. The first-order chi connectivity index (χ1) is 8.97. The predicted molar refractivity (Wildman–Crippen MR) is 63.5 cm³/mol. The van der Waals surface area contributed by atoms with Crippen LogP contribution in [0.1, 0.15) is 36.2 Å². The van der Waals surface area contributed by atoms with E-state index in [4.69, 9.17) is 0 Å². The molecule has 0 radical (unpaired) electrons. The first-order valence-electron chi connectivity index (χ1n) is 6.25. The summed E-state index contributed by atoms with van der Waals surface area (Å²) in [6.45, 7) is 0. The Balaban J connectivity index is 1.94. The minimum Gasteiger partial charge on any atom is -0.348 e. The van der Waals surface area contributed by atoms with E-state index < -0.39 is 24.0 Å². The topological polar surface area (TPSA) is 42.0 Å². The highest BCUT2D eigenvalue weighted by molar-refractivity contribution is 5.92. The van der Waals surface area contributed by atoms with Gasteiger partial charge in [-0.15, -0.1) is 0 Å². The Morgan fingerprint density at radius 2 is 2.11 bits per heavy atom. The second kappa shape index (κ2) is 5.59. The number of nitrogens with zero attached hydrogens (tertiary/aromatic N) is 1. The van der Waals surface area contributed by atoms with Crippen LogP contribution in [0, 0.1) is 5.92 Å². The molecular formula is C13H15F3N2O. The van der Waals surface area contributed by atoms with E-state index in [1.54, 1.807) is 18.2 Å². The number of amides is 1. The van der Waals surface area contributed by atoms with Gasteiger partial charge in [-0.05, 0) is 31.4 Å². The molecule has 0 aromatic carbocycles. The van der Waals surface area contributed by atoms with Gasteiger partial charge in [0.1, 0.15) is 5.69 Å². The fourth-order valence-corrected chi connectivity index (χ4v) is 2.37. The number of nitrogens with one attached hydrogen (secondary N) is 1. The van der Waals surface area contributed by atoms with Crippen LogP contribution in [0.4, 0.5) is 13.2 Å². The lowest BCUT2D eigenvalue weighted by atomic mass is 9.85. The average molecular weight is 272 g/mol. The quantitative estimate of drug-likeness (QED) is 0.899. The molecule has 19 heavy (non-hydrogen) atoms. The Bertz CT molecular complexity index is 433. The van der Waals surface area contributed by atoms with Gasteiger partial charge in [0.05, 0.1) is 5.92 Å². The first kappa shape index (κ1) is 13.8. The SMILES string of the molecule is O=C(N[C@H]1CCC[C@H](C(F)(F)F)C1)c1ccccn1. The van der Waals surface area contributed by atoms with E-state index in [2.05, 4.69) is 10.3 Å². The van der Waals surface area contributed by atoms with Gasteiger partial charge in [0.2, 0.25) is 0 Å². The number of pyridine rings is 1. The second-order valence-electron chi connectivity index (χ2n) is 4.79. The molecule has 1 amide bonds. The third-order valence-corrected chi connectivity index (χ3v) is 3.37. The van der Waals surface area contributed by atoms with Gasteiger partial charge in [0, 0.05) is 12.2 Å². The number of aromatic nitrogens is 1. The molecule has 1 fully saturated rings. The highest BCUT2D eigenvalue weighted by atomic mass is 19.4. The lowest BCUT2D eigenvalue weighted by Gasteiger charge is -2.30. The highest BCUT2D eigenvalue weighted by Gasteiger charge is 2.42. The van der Waals surface area contributed by atoms with Gasteiger partial charge in [-0.3, -0.25) is 9.78 Å². The summed E-state index contributed by atoms with van der Waals surface area (Å²) in [5.74, 6) is -1.72. The van der Waals surface area contributed by atoms with Crippen molar-refractivity contribution in [1.82, 2.24) is 10.3 Å². The fraction of sp³-hybridized carbons (Fsp3) is 0.538. The molecule has 1 aliphatic carbocycles. The summed E-state index contributed by atoms with van der Waals surface area (Å²) >= 11 is 0. The average Bonchev–Trinajstić information content (AvgIpc) is 2.39. The van der Waals surface area contributed by atoms with Crippen LogP contribution in [0.25, 0.3) is 0 Å². The maximum Gasteiger partial charge on any atom is 0.391 e. The molecule has 1 saturated carbocycles. The summed E-state index contributed by atoms with van der Waals surface area (Å²) in [6, 6.07) is 4.47. The lowest BCUT2D eigenvalue weighted by Crippen LogP contribution is -2.41. The smallest absolute Gasteiger partial charge is 0.348 e. The van der Waals surface area contributed by atoms with Crippen molar-refractivity contribution >= 4 is 5.91 Å². The van der Waals surface area contributed by atoms with Gasteiger partial charge in [-0.1, -0.05) is 12.5 Å². The monoisotopic (exact) mass is 272 g/mol. The summed E-state index contributed by atoms with van der Waals surface area (Å²) < 4.78 is 37.9. The van der Waals surface area contributed by atoms with Crippen LogP contribution in [-0.4, -0.2) is 23.1 Å². The Morgan fingerprint density at radius 3 is 2.74 bits per heavy atom. The zero-order valence-electron chi connectivity index (χ0n) is 10.3. The Hall–Kier alpha value is -1.59. The predicted octanol–water partition coefficient (Wildman–Crippen LogP) is 2.93. The van der Waals surface area contributed by atoms with Crippen LogP contribution >= 0.6 is 0 Å². The van der Waals surface area contributed by atoms with Gasteiger partial charge in [0.25, 0.3) is 5.91 Å². The van der Waals surface area contributed by atoms with E-state index >= 15 is 0 Å². The molecule has 0 aliphatic heterocycles. The van der Waals surface area contributed by atoms with Gasteiger partial charge in [-0.25, -0.2) is 0 Å². The fourth-order valence-electron chi connectivity index (χ4n) is 2.37. The van der Waals surface area contributed by atoms with Crippen molar-refractivity contribution in [2.45, 2.75) is 37.9 Å². The zero-order chi connectivity index (χ0) is 13.9. The van der Waals surface area contributed by atoms with Crippen molar-refractivity contribution in [3.05, 3.63) is 30.1 Å². The van der Waals surface area contributed by atoms with E-state index in [-0.39, 0.29) is 18.5 Å². The molecular weight excluding hydrogens is 257 g/mol. The summed E-state index contributed by atoms with van der Waals surface area (Å²) in [5.41, 5.74) is 0.233. The molecule has 6 heteroatoms. The first-order valence-corrected chi connectivity index (χ1v) is 6.25. The van der Waals surface area contributed by atoms with Crippen LogP contribution in [0.15, 0.2) is 24.4 Å². The number of carbonyl (C=O) groups excluding carboxylic acids is 1. The third kappa shape index (κ3) is 3.68. The minimum absolute atomic E-state index is 0.0396. The van der Waals surface area contributed by atoms with Gasteiger partial charge in [-0.2, -0.15) is 13.2 Å². The molecule has 3 nitrogen and oxygen atoms in total. The Morgan fingerprint density at radius 1 is 1.32 bits per heavy atom. The van der Waals surface area contributed by atoms with Crippen molar-refractivity contribution in [3.63, 3.8) is 0 Å². The van der Waals surface area contributed by atoms with Crippen molar-refractivity contribution in [3.8, 4) is 0 Å². The van der Waals surface area contributed by atoms with E-state index in [0.29, 0.717) is 12.8 Å². The molecule has 0 saturated heterocycles. The summed E-state index contributed by atoms with van der Waals surface area (Å²) in [5, 5.41) is 2.64. The molecule has 0 spiro atoms. The number of alkyl halides is 3. The molecule has 2 atom stereocenters. The summed E-state index contributed by atoms with van der Waals surface area (Å²) in [4.78, 5) is 15.7. The number of hydrogen-bond donors (Lipinski definition) is 1. The molecule has 1 N–H and O–H groups in total. The number of hydrogen-bond acceptors (Lipinski definition) is 2. The number of carbonyl (C=O) groups is 1. The lowest BCUT2D eigenvalue weighted by molar-refractivity contribution is -0.183. The van der Waals surface area contributed by atoms with Crippen molar-refractivity contribution in [2.24, 2.45) is 5.92 Å². The Labute approximate surface area is 109 Å². The van der Waals surface area contributed by atoms with Gasteiger partial charge in [0.15, 0.2) is 0 Å². The number of rotatable bonds is 2. The molecule has 1 heterocycles. The summed E-state index contributed by atoms with van der Waals surface area (Å²) in [7, 11) is 0. The summed E-state index contributed by atoms with van der Waals surface area (Å²) in [6.07, 6.45) is -1.51. The van der Waals surface area contributed by atoms with Crippen molar-refractivity contribution in [2.75, 3.05) is 0 Å². The molecule has 0 bridgehead atoms. The van der Waals surface area contributed by atoms with Gasteiger partial charge >= 0.3 is 6.18 Å². The van der Waals surface area contributed by atoms with Gasteiger partial charge < -0.3 is 5.32 Å². The normalized spacial score (nSPS) is 23.9. The standard InChI is InChI=1S/C13H15F3N2O/c14-13(15,16)9-4-3-5-10(8-9)18-12(19)11-6-1-2-7-17-11/h1-2,6-7,9-10H,3-5,8H2,(H,18,19)/t9-,10-/m0/s1. The minimum atomic E-state index is -4.17. The highest BCUT2D eigenvalue weighted by Crippen LogP contribution is 2.37. The zero-order valence-corrected chi connectivity index (χ0v) is 10.3. The molecule has 0 unspecified atom stereocenters.